The molecule has 0 atom stereocenters. The first-order chi connectivity index (χ1) is 20.3. The van der Waals surface area contributed by atoms with Gasteiger partial charge in [0.15, 0.2) is 0 Å². The van der Waals surface area contributed by atoms with Crippen molar-refractivity contribution in [3.8, 4) is 16.9 Å². The Labute approximate surface area is 236 Å². The van der Waals surface area contributed by atoms with Crippen LogP contribution in [0, 0.1) is 0 Å². The maximum Gasteiger partial charge on any atom is 0.230 e. The number of hydrogen-bond donors (Lipinski definition) is 0. The van der Waals surface area contributed by atoms with Gasteiger partial charge in [-0.1, -0.05) is 66.7 Å². The minimum absolute atomic E-state index is 0.201. The van der Waals surface area contributed by atoms with E-state index in [9.17, 15) is 0 Å². The summed E-state index contributed by atoms with van der Waals surface area (Å²) in [7, 11) is 0. The third-order valence-corrected chi connectivity index (χ3v) is 8.71. The summed E-state index contributed by atoms with van der Waals surface area (Å²) < 4.78 is 25.1. The Kier molecular flexibility index (Phi) is 4.88. The molecule has 3 aliphatic rings. The number of benzene rings is 4. The average molecular weight is 535 g/mol. The van der Waals surface area contributed by atoms with E-state index in [-0.39, 0.29) is 6.79 Å². The normalized spacial score (nSPS) is 16.4. The Morgan fingerprint density at radius 1 is 0.634 bits per heavy atom. The van der Waals surface area contributed by atoms with Gasteiger partial charge in [0.25, 0.3) is 0 Å². The molecule has 0 saturated heterocycles. The van der Waals surface area contributed by atoms with Gasteiger partial charge in [-0.05, 0) is 66.3 Å². The molecular weight excluding hydrogens is 508 g/mol. The van der Waals surface area contributed by atoms with Crippen molar-refractivity contribution < 1.29 is 18.3 Å². The van der Waals surface area contributed by atoms with Crippen LogP contribution in [0.1, 0.15) is 31.2 Å². The van der Waals surface area contributed by atoms with Crippen molar-refractivity contribution in [3.63, 3.8) is 0 Å². The fourth-order valence-electron chi connectivity index (χ4n) is 6.77. The van der Waals surface area contributed by atoms with Crippen LogP contribution in [0.4, 0.5) is 0 Å². The molecule has 0 fully saturated rings. The average Bonchev–Trinajstić information content (AvgIpc) is 3.54. The number of ether oxygens (including phenoxy) is 2. The Morgan fingerprint density at radius 2 is 1.46 bits per heavy atom. The van der Waals surface area contributed by atoms with E-state index in [0.717, 1.165) is 92.4 Å². The molecule has 4 aromatic carbocycles. The maximum atomic E-state index is 6.42. The number of furan rings is 2. The summed E-state index contributed by atoms with van der Waals surface area (Å²) in [5.74, 6) is 1.82. The molecule has 0 spiro atoms. The van der Waals surface area contributed by atoms with Gasteiger partial charge in [0.1, 0.15) is 33.7 Å². The lowest BCUT2D eigenvalue weighted by atomic mass is 9.86. The fourth-order valence-corrected chi connectivity index (χ4v) is 6.77. The van der Waals surface area contributed by atoms with Crippen molar-refractivity contribution in [2.45, 2.75) is 25.7 Å². The highest BCUT2D eigenvalue weighted by Crippen LogP contribution is 2.43. The van der Waals surface area contributed by atoms with Gasteiger partial charge in [0.05, 0.1) is 0 Å². The Balaban J connectivity index is 1.18. The van der Waals surface area contributed by atoms with Crippen LogP contribution in [-0.2, 0) is 4.74 Å². The largest absolute Gasteiger partial charge is 0.461 e. The molecule has 0 radical (unpaired) electrons. The number of fused-ring (bicyclic) bond motifs is 8. The van der Waals surface area contributed by atoms with Gasteiger partial charge in [0.2, 0.25) is 6.79 Å². The van der Waals surface area contributed by atoms with Crippen LogP contribution >= 0.6 is 0 Å². The Bertz CT molecular complexity index is 2240. The molecule has 0 saturated carbocycles. The maximum absolute atomic E-state index is 6.42. The number of para-hydroxylation sites is 3. The molecule has 198 valence electrons. The van der Waals surface area contributed by atoms with Crippen molar-refractivity contribution in [1.29, 1.82) is 0 Å². The van der Waals surface area contributed by atoms with Gasteiger partial charge in [-0.2, -0.15) is 0 Å². The summed E-state index contributed by atoms with van der Waals surface area (Å²) in [6.07, 6.45) is 8.39. The first-order valence-corrected chi connectivity index (χ1v) is 14.3. The lowest BCUT2D eigenvalue weighted by molar-refractivity contribution is 0.0611. The van der Waals surface area contributed by atoms with E-state index in [0.29, 0.717) is 0 Å². The van der Waals surface area contributed by atoms with Gasteiger partial charge >= 0.3 is 0 Å². The Morgan fingerprint density at radius 3 is 2.39 bits per heavy atom. The minimum atomic E-state index is 0.201. The van der Waals surface area contributed by atoms with E-state index in [4.69, 9.17) is 18.3 Å². The number of allylic oxidation sites excluding steroid dienone is 4. The summed E-state index contributed by atoms with van der Waals surface area (Å²) in [6.45, 7) is 0.201. The molecule has 0 N–H and O–H groups in total. The van der Waals surface area contributed by atoms with Gasteiger partial charge in [-0.25, -0.2) is 0 Å². The molecule has 0 unspecified atom stereocenters. The first kappa shape index (κ1) is 22.8. The molecule has 3 heterocycles. The summed E-state index contributed by atoms with van der Waals surface area (Å²) in [4.78, 5) is 0. The molecule has 1 aliphatic heterocycles. The van der Waals surface area contributed by atoms with Gasteiger partial charge in [-0.15, -0.1) is 0 Å². The second-order valence-electron chi connectivity index (χ2n) is 11.0. The molecule has 0 bridgehead atoms. The smallest absolute Gasteiger partial charge is 0.230 e. The van der Waals surface area contributed by atoms with Crippen LogP contribution in [0.25, 0.3) is 61.3 Å². The molecule has 0 amide bonds. The number of hydrogen-bond acceptors (Lipinski definition) is 4. The molecule has 2 aliphatic carbocycles. The van der Waals surface area contributed by atoms with Crippen LogP contribution in [-0.4, -0.2) is 6.79 Å². The zero-order valence-corrected chi connectivity index (χ0v) is 22.4. The monoisotopic (exact) mass is 534 g/mol. The SMILES string of the molecule is C1=C(C2=c3oc4ccccc4c3=CCC2)CCC2=C1c1ccc(-c3cccc4c3oc3ccccc34)cc1OCO2. The summed E-state index contributed by atoms with van der Waals surface area (Å²) in [5.41, 5.74) is 10.7. The molecule has 9 rings (SSSR count). The summed E-state index contributed by atoms with van der Waals surface area (Å²) in [5, 5.41) is 4.67. The predicted octanol–water partition coefficient (Wildman–Crippen LogP) is 8.22. The van der Waals surface area contributed by atoms with Crippen molar-refractivity contribution >= 4 is 50.1 Å². The van der Waals surface area contributed by atoms with E-state index in [1.165, 1.54) is 21.8 Å². The zero-order valence-electron chi connectivity index (χ0n) is 22.4. The topological polar surface area (TPSA) is 44.7 Å². The molecule has 4 heteroatoms. The second kappa shape index (κ2) is 8.77. The highest BCUT2D eigenvalue weighted by atomic mass is 16.7. The van der Waals surface area contributed by atoms with Gasteiger partial charge < -0.3 is 18.3 Å². The van der Waals surface area contributed by atoms with Gasteiger partial charge in [0, 0.05) is 44.5 Å². The third kappa shape index (κ3) is 3.47. The van der Waals surface area contributed by atoms with Gasteiger partial charge in [-0.3, -0.25) is 0 Å². The van der Waals surface area contributed by atoms with Crippen LogP contribution in [0.15, 0.2) is 111 Å². The van der Waals surface area contributed by atoms with Crippen molar-refractivity contribution in [1.82, 2.24) is 0 Å². The molecule has 6 aromatic rings. The highest BCUT2D eigenvalue weighted by Gasteiger charge is 2.26. The Hall–Kier alpha value is -4.96. The molecular formula is C37H26O4. The van der Waals surface area contributed by atoms with Crippen molar-refractivity contribution in [2.75, 3.05) is 6.79 Å². The number of rotatable bonds is 2. The zero-order chi connectivity index (χ0) is 26.9. The van der Waals surface area contributed by atoms with Crippen molar-refractivity contribution in [2.24, 2.45) is 0 Å². The van der Waals surface area contributed by atoms with Crippen molar-refractivity contribution in [3.05, 3.63) is 119 Å². The second-order valence-corrected chi connectivity index (χ2v) is 11.0. The lowest BCUT2D eigenvalue weighted by Crippen LogP contribution is -2.27. The third-order valence-electron chi connectivity index (χ3n) is 8.71. The standard InChI is InChI=1S/C37H26O4/c1-3-13-33-26(7-1)29-11-5-9-24(36(29)40-33)22-16-18-32-31(19-22)28-17-15-23(20-35(28)39-21-38-32)25-10-6-12-30-27-8-2-4-14-34(27)41-37(25)30/h1-4,6-8,10-15,17,19-20H,5,9,16,18,21H2. The van der Waals surface area contributed by atoms with E-state index in [1.807, 2.05) is 18.2 Å². The minimum Gasteiger partial charge on any atom is -0.461 e. The van der Waals surface area contributed by atoms with Crippen LogP contribution in [0.3, 0.4) is 0 Å². The van der Waals surface area contributed by atoms with E-state index in [2.05, 4.69) is 78.9 Å². The summed E-state index contributed by atoms with van der Waals surface area (Å²) >= 11 is 0. The fraction of sp³-hybridized carbons (Fsp3) is 0.135. The molecule has 41 heavy (non-hydrogen) atoms. The predicted molar refractivity (Wildman–Crippen MR) is 163 cm³/mol. The van der Waals surface area contributed by atoms with E-state index >= 15 is 0 Å². The van der Waals surface area contributed by atoms with Crippen LogP contribution in [0.5, 0.6) is 5.75 Å². The van der Waals surface area contributed by atoms with Crippen LogP contribution < -0.4 is 15.4 Å². The molecule has 2 aromatic heterocycles. The summed E-state index contributed by atoms with van der Waals surface area (Å²) in [6, 6.07) is 29.3. The van der Waals surface area contributed by atoms with E-state index in [1.54, 1.807) is 0 Å². The molecule has 4 nitrogen and oxygen atoms in total. The lowest BCUT2D eigenvalue weighted by Gasteiger charge is -2.21. The quantitative estimate of drug-likeness (QED) is 0.225. The van der Waals surface area contributed by atoms with E-state index < -0.39 is 0 Å². The first-order valence-electron chi connectivity index (χ1n) is 14.3. The van der Waals surface area contributed by atoms with Crippen LogP contribution in [0.2, 0.25) is 0 Å². The highest BCUT2D eigenvalue weighted by molar-refractivity contribution is 6.09.